The summed E-state index contributed by atoms with van der Waals surface area (Å²) in [6.07, 6.45) is 1.21. The predicted molar refractivity (Wildman–Crippen MR) is 75.8 cm³/mol. The Labute approximate surface area is 123 Å². The molecule has 3 aromatic rings. The maximum Gasteiger partial charge on any atom is 0.267 e. The summed E-state index contributed by atoms with van der Waals surface area (Å²) in [5.74, 6) is -0.930. The van der Waals surface area contributed by atoms with Crippen LogP contribution in [0.3, 0.4) is 0 Å². The van der Waals surface area contributed by atoms with Crippen molar-refractivity contribution in [2.75, 3.05) is 5.32 Å². The Balaban J connectivity index is 1.84. The highest BCUT2D eigenvalue weighted by atomic mass is 19.1. The molecule has 0 radical (unpaired) electrons. The number of carbonyl (C=O) groups is 1. The molecule has 0 fully saturated rings. The van der Waals surface area contributed by atoms with Crippen molar-refractivity contribution in [3.8, 4) is 0 Å². The molecule has 8 heteroatoms. The third-order valence-electron chi connectivity index (χ3n) is 3.06. The third-order valence-corrected chi connectivity index (χ3v) is 3.06. The monoisotopic (exact) mass is 302 g/mol. The minimum atomic E-state index is -0.469. The lowest BCUT2D eigenvalue weighted by molar-refractivity contribution is -0.116. The first-order valence-electron chi connectivity index (χ1n) is 6.41. The van der Waals surface area contributed by atoms with Gasteiger partial charge in [-0.1, -0.05) is 11.2 Å². The number of hydrogen-bond acceptors (Lipinski definition) is 5. The second-order valence-electron chi connectivity index (χ2n) is 4.68. The highest BCUT2D eigenvalue weighted by Crippen LogP contribution is 2.11. The van der Waals surface area contributed by atoms with Crippen LogP contribution in [0.5, 0.6) is 0 Å². The van der Waals surface area contributed by atoms with Crippen molar-refractivity contribution < 1.29 is 13.7 Å². The van der Waals surface area contributed by atoms with E-state index in [1.165, 1.54) is 24.5 Å². The molecule has 1 aromatic carbocycles. The Morgan fingerprint density at radius 2 is 2.27 bits per heavy atom. The van der Waals surface area contributed by atoms with Crippen molar-refractivity contribution in [1.82, 2.24) is 14.7 Å². The molecule has 7 nitrogen and oxygen atoms in total. The number of aromatic nitrogens is 3. The average Bonchev–Trinajstić information content (AvgIpc) is 2.84. The number of nitrogens with one attached hydrogen (secondary N) is 1. The first-order chi connectivity index (χ1) is 10.5. The third kappa shape index (κ3) is 2.58. The van der Waals surface area contributed by atoms with E-state index in [0.717, 1.165) is 4.57 Å². The molecule has 0 aliphatic carbocycles. The van der Waals surface area contributed by atoms with Crippen LogP contribution in [0.2, 0.25) is 0 Å². The Morgan fingerprint density at radius 1 is 1.45 bits per heavy atom. The van der Waals surface area contributed by atoms with E-state index in [-0.39, 0.29) is 17.6 Å². The van der Waals surface area contributed by atoms with Gasteiger partial charge in [-0.05, 0) is 25.1 Å². The second kappa shape index (κ2) is 5.40. The summed E-state index contributed by atoms with van der Waals surface area (Å²) in [6, 6.07) is 5.49. The predicted octanol–water partition coefficient (Wildman–Crippen LogP) is 1.47. The molecule has 0 spiro atoms. The molecular weight excluding hydrogens is 291 g/mol. The van der Waals surface area contributed by atoms with Crippen LogP contribution >= 0.6 is 0 Å². The molecular formula is C14H11FN4O3. The number of amides is 1. The number of hydrogen-bond donors (Lipinski definition) is 1. The maximum absolute atomic E-state index is 13.1. The van der Waals surface area contributed by atoms with Crippen molar-refractivity contribution in [3.63, 3.8) is 0 Å². The van der Waals surface area contributed by atoms with Gasteiger partial charge in [0.1, 0.15) is 24.1 Å². The van der Waals surface area contributed by atoms with Crippen LogP contribution in [0, 0.1) is 12.7 Å². The standard InChI is InChI=1S/C14H11FN4O3/c1-8-12-13(22-18-8)16-7-19(14(12)21)6-11(20)17-10-4-2-3-9(15)5-10/h2-5,7H,6H2,1H3,(H,17,20). The van der Waals surface area contributed by atoms with Gasteiger partial charge in [-0.15, -0.1) is 0 Å². The second-order valence-corrected chi connectivity index (χ2v) is 4.68. The summed E-state index contributed by atoms with van der Waals surface area (Å²) < 4.78 is 19.1. The van der Waals surface area contributed by atoms with Crippen LogP contribution in [-0.4, -0.2) is 20.6 Å². The molecule has 0 saturated heterocycles. The van der Waals surface area contributed by atoms with Crippen molar-refractivity contribution in [3.05, 3.63) is 52.5 Å². The van der Waals surface area contributed by atoms with Gasteiger partial charge in [0, 0.05) is 5.69 Å². The number of aryl methyl sites for hydroxylation is 1. The number of nitrogens with zero attached hydrogens (tertiary/aromatic N) is 3. The quantitative estimate of drug-likeness (QED) is 0.791. The van der Waals surface area contributed by atoms with Gasteiger partial charge in [-0.2, -0.15) is 0 Å². The molecule has 0 aliphatic rings. The maximum atomic E-state index is 13.1. The van der Waals surface area contributed by atoms with Gasteiger partial charge in [0.2, 0.25) is 5.91 Å². The van der Waals surface area contributed by atoms with E-state index in [1.54, 1.807) is 13.0 Å². The van der Waals surface area contributed by atoms with E-state index in [2.05, 4.69) is 15.5 Å². The zero-order chi connectivity index (χ0) is 15.7. The number of benzene rings is 1. The molecule has 0 unspecified atom stereocenters. The minimum Gasteiger partial charge on any atom is -0.335 e. The Hall–Kier alpha value is -3.03. The van der Waals surface area contributed by atoms with E-state index in [1.807, 2.05) is 0 Å². The van der Waals surface area contributed by atoms with Crippen LogP contribution in [0.1, 0.15) is 5.69 Å². The summed E-state index contributed by atoms with van der Waals surface area (Å²) in [7, 11) is 0. The fourth-order valence-electron chi connectivity index (χ4n) is 2.04. The zero-order valence-electron chi connectivity index (χ0n) is 11.5. The van der Waals surface area contributed by atoms with Gasteiger partial charge in [0.05, 0.1) is 5.69 Å². The molecule has 112 valence electrons. The van der Waals surface area contributed by atoms with E-state index in [0.29, 0.717) is 11.4 Å². The molecule has 0 aliphatic heterocycles. The lowest BCUT2D eigenvalue weighted by Gasteiger charge is -2.07. The normalized spacial score (nSPS) is 10.8. The highest BCUT2D eigenvalue weighted by molar-refractivity contribution is 5.90. The van der Waals surface area contributed by atoms with Crippen molar-refractivity contribution in [2.24, 2.45) is 0 Å². The van der Waals surface area contributed by atoms with Crippen LogP contribution in [0.15, 0.2) is 39.9 Å². The van der Waals surface area contributed by atoms with Crippen molar-refractivity contribution in [2.45, 2.75) is 13.5 Å². The number of rotatable bonds is 3. The Kier molecular flexibility index (Phi) is 3.42. The lowest BCUT2D eigenvalue weighted by Crippen LogP contribution is -2.27. The molecule has 3 rings (SSSR count). The van der Waals surface area contributed by atoms with Crippen molar-refractivity contribution >= 4 is 22.7 Å². The van der Waals surface area contributed by atoms with E-state index >= 15 is 0 Å². The SMILES string of the molecule is Cc1noc2ncn(CC(=O)Nc3cccc(F)c3)c(=O)c12. The first-order valence-corrected chi connectivity index (χ1v) is 6.41. The van der Waals surface area contributed by atoms with Gasteiger partial charge in [-0.3, -0.25) is 14.2 Å². The molecule has 1 amide bonds. The summed E-state index contributed by atoms with van der Waals surface area (Å²) in [6.45, 7) is 1.37. The Bertz CT molecular complexity index is 916. The number of carbonyl (C=O) groups excluding carboxylic acids is 1. The molecule has 2 aromatic heterocycles. The molecule has 2 heterocycles. The summed E-state index contributed by atoms with van der Waals surface area (Å²) in [5.41, 5.74) is 0.433. The molecule has 0 atom stereocenters. The number of fused-ring (bicyclic) bond motifs is 1. The molecule has 0 saturated carbocycles. The fourth-order valence-corrected chi connectivity index (χ4v) is 2.04. The van der Waals surface area contributed by atoms with E-state index < -0.39 is 17.3 Å². The molecule has 1 N–H and O–H groups in total. The summed E-state index contributed by atoms with van der Waals surface area (Å²) >= 11 is 0. The van der Waals surface area contributed by atoms with Gasteiger partial charge in [0.15, 0.2) is 0 Å². The van der Waals surface area contributed by atoms with Gasteiger partial charge in [-0.25, -0.2) is 9.37 Å². The van der Waals surface area contributed by atoms with Crippen LogP contribution < -0.4 is 10.9 Å². The topological polar surface area (TPSA) is 90.0 Å². The van der Waals surface area contributed by atoms with Crippen LogP contribution in [-0.2, 0) is 11.3 Å². The largest absolute Gasteiger partial charge is 0.335 e. The van der Waals surface area contributed by atoms with E-state index in [4.69, 9.17) is 4.52 Å². The fraction of sp³-hybridized carbons (Fsp3) is 0.143. The number of halogens is 1. The van der Waals surface area contributed by atoms with Crippen LogP contribution in [0.25, 0.3) is 11.1 Å². The van der Waals surface area contributed by atoms with E-state index in [9.17, 15) is 14.0 Å². The molecule has 0 bridgehead atoms. The average molecular weight is 302 g/mol. The Morgan fingerprint density at radius 3 is 3.05 bits per heavy atom. The smallest absolute Gasteiger partial charge is 0.267 e. The lowest BCUT2D eigenvalue weighted by atomic mass is 10.3. The minimum absolute atomic E-state index is 0.129. The van der Waals surface area contributed by atoms with Gasteiger partial charge in [0.25, 0.3) is 11.3 Å². The number of anilines is 1. The summed E-state index contributed by atoms with van der Waals surface area (Å²) in [5, 5.41) is 6.41. The zero-order valence-corrected chi connectivity index (χ0v) is 11.5. The van der Waals surface area contributed by atoms with Gasteiger partial charge >= 0.3 is 0 Å². The van der Waals surface area contributed by atoms with Gasteiger partial charge < -0.3 is 9.84 Å². The summed E-state index contributed by atoms with van der Waals surface area (Å²) in [4.78, 5) is 28.1. The van der Waals surface area contributed by atoms with Crippen LogP contribution in [0.4, 0.5) is 10.1 Å². The first kappa shape index (κ1) is 13.9. The molecule has 22 heavy (non-hydrogen) atoms. The van der Waals surface area contributed by atoms with Crippen molar-refractivity contribution in [1.29, 1.82) is 0 Å². The highest BCUT2D eigenvalue weighted by Gasteiger charge is 2.14.